The predicted molar refractivity (Wildman–Crippen MR) is 128 cm³/mol. The fourth-order valence-electron chi connectivity index (χ4n) is 3.97. The summed E-state index contributed by atoms with van der Waals surface area (Å²) in [6.07, 6.45) is 0. The molecule has 166 valence electrons. The highest BCUT2D eigenvalue weighted by Gasteiger charge is 2.29. The van der Waals surface area contributed by atoms with Gasteiger partial charge >= 0.3 is 11.7 Å². The first-order valence-corrected chi connectivity index (χ1v) is 11.3. The molecule has 33 heavy (non-hydrogen) atoms. The normalized spacial score (nSPS) is 14.4. The van der Waals surface area contributed by atoms with E-state index in [1.807, 2.05) is 48.5 Å². The van der Waals surface area contributed by atoms with Gasteiger partial charge in [0.2, 0.25) is 0 Å². The minimum absolute atomic E-state index is 0.141. The fourth-order valence-corrected chi connectivity index (χ4v) is 4.16. The summed E-state index contributed by atoms with van der Waals surface area (Å²) in [5.41, 5.74) is 2.74. The van der Waals surface area contributed by atoms with Crippen LogP contribution in [0.3, 0.4) is 0 Å². The van der Waals surface area contributed by atoms with Crippen LogP contribution in [0.25, 0.3) is 17.1 Å². The second kappa shape index (κ2) is 9.52. The van der Waals surface area contributed by atoms with E-state index >= 15 is 0 Å². The molecule has 1 aliphatic heterocycles. The minimum Gasteiger partial charge on any atom is -0.369 e. The van der Waals surface area contributed by atoms with Gasteiger partial charge in [0.1, 0.15) is 0 Å². The van der Waals surface area contributed by atoms with Gasteiger partial charge in [-0.2, -0.15) is 0 Å². The van der Waals surface area contributed by atoms with Crippen LogP contribution >= 0.6 is 11.6 Å². The number of rotatable bonds is 5. The molecule has 0 radical (unpaired) electrons. The van der Waals surface area contributed by atoms with Crippen molar-refractivity contribution < 1.29 is 9.59 Å². The molecule has 4 aromatic rings. The largest absolute Gasteiger partial charge is 0.369 e. The predicted octanol–water partition coefficient (Wildman–Crippen LogP) is 3.34. The topological polar surface area (TPSA) is 58.1 Å². The smallest absolute Gasteiger partial charge is 0.340 e. The quantitative estimate of drug-likeness (QED) is 0.428. The van der Waals surface area contributed by atoms with Gasteiger partial charge in [-0.1, -0.05) is 54.1 Å². The maximum absolute atomic E-state index is 13.3. The van der Waals surface area contributed by atoms with E-state index in [-0.39, 0.29) is 12.5 Å². The van der Waals surface area contributed by atoms with Crippen LogP contribution in [0.2, 0.25) is 5.02 Å². The van der Waals surface area contributed by atoms with Gasteiger partial charge < -0.3 is 4.90 Å². The van der Waals surface area contributed by atoms with Crippen LogP contribution in [0, 0.1) is 0 Å². The lowest BCUT2D eigenvalue weighted by atomic mass is 10.2. The molecule has 0 saturated carbocycles. The molecular weight excluding hydrogens is 436 g/mol. The maximum atomic E-state index is 13.3. The molecule has 1 fully saturated rings. The van der Waals surface area contributed by atoms with E-state index in [4.69, 9.17) is 11.6 Å². The van der Waals surface area contributed by atoms with E-state index < -0.39 is 0 Å². The Hall–Kier alpha value is -3.55. The number of anilines is 1. The Kier molecular flexibility index (Phi) is 6.15. The zero-order valence-electron chi connectivity index (χ0n) is 18.1. The number of para-hydroxylation sites is 1. The molecule has 1 aromatic heterocycles. The summed E-state index contributed by atoms with van der Waals surface area (Å²) >= 11 is 6.20. The SMILES string of the molecule is O=C(CN1CCN(c2ccccc2)CC1)n1nc(-c2ccccc2)n[n+]1-c1cccc(Cl)c1. The van der Waals surface area contributed by atoms with Crippen molar-refractivity contribution >= 4 is 23.2 Å². The fraction of sp³-hybridized carbons (Fsp3) is 0.200. The van der Waals surface area contributed by atoms with Crippen molar-refractivity contribution in [2.45, 2.75) is 0 Å². The Bertz CT molecular complexity index is 1240. The van der Waals surface area contributed by atoms with Crippen LogP contribution < -0.4 is 9.70 Å². The number of benzene rings is 3. The van der Waals surface area contributed by atoms with Crippen LogP contribution in [-0.2, 0) is 0 Å². The van der Waals surface area contributed by atoms with E-state index in [0.29, 0.717) is 16.5 Å². The molecule has 0 N–H and O–H groups in total. The number of carbonyl (C=O) groups excluding carboxylic acids is 1. The highest BCUT2D eigenvalue weighted by molar-refractivity contribution is 6.30. The molecule has 0 spiro atoms. The second-order valence-corrected chi connectivity index (χ2v) is 8.38. The van der Waals surface area contributed by atoms with E-state index in [1.54, 1.807) is 12.1 Å². The molecule has 1 saturated heterocycles. The van der Waals surface area contributed by atoms with Crippen LogP contribution in [0.1, 0.15) is 4.79 Å². The van der Waals surface area contributed by atoms with Gasteiger partial charge in [-0.3, -0.25) is 9.69 Å². The Balaban J connectivity index is 1.36. The van der Waals surface area contributed by atoms with Crippen molar-refractivity contribution in [3.8, 4) is 17.1 Å². The number of hydrogen-bond donors (Lipinski definition) is 0. The van der Waals surface area contributed by atoms with Crippen LogP contribution in [0.4, 0.5) is 5.69 Å². The summed E-state index contributed by atoms with van der Waals surface area (Å²) in [6, 6.07) is 27.3. The Labute approximate surface area is 197 Å². The molecule has 0 bridgehead atoms. The number of tetrazole rings is 1. The maximum Gasteiger partial charge on any atom is 0.340 e. The molecule has 0 aliphatic carbocycles. The Morgan fingerprint density at radius 2 is 1.58 bits per heavy atom. The van der Waals surface area contributed by atoms with Gasteiger partial charge in [-0.25, -0.2) is 0 Å². The van der Waals surface area contributed by atoms with Gasteiger partial charge in [0.05, 0.1) is 22.0 Å². The molecule has 8 heteroatoms. The lowest BCUT2D eigenvalue weighted by Crippen LogP contribution is -2.52. The molecule has 3 aromatic carbocycles. The molecule has 0 atom stereocenters. The van der Waals surface area contributed by atoms with Gasteiger partial charge in [0.15, 0.2) is 5.69 Å². The zero-order chi connectivity index (χ0) is 22.6. The highest BCUT2D eigenvalue weighted by atomic mass is 35.5. The van der Waals surface area contributed by atoms with Crippen LogP contribution in [0.5, 0.6) is 0 Å². The van der Waals surface area contributed by atoms with E-state index in [1.165, 1.54) is 15.3 Å². The number of piperazine rings is 1. The van der Waals surface area contributed by atoms with E-state index in [2.05, 4.69) is 44.3 Å². The van der Waals surface area contributed by atoms with Gasteiger partial charge in [0, 0.05) is 43.0 Å². The first-order chi connectivity index (χ1) is 16.2. The van der Waals surface area contributed by atoms with Crippen LogP contribution in [0.15, 0.2) is 84.9 Å². The number of halogens is 1. The third-order valence-corrected chi connectivity index (χ3v) is 5.94. The zero-order valence-corrected chi connectivity index (χ0v) is 18.8. The Morgan fingerprint density at radius 1 is 0.879 bits per heavy atom. The minimum atomic E-state index is -0.141. The Morgan fingerprint density at radius 3 is 2.27 bits per heavy atom. The van der Waals surface area contributed by atoms with E-state index in [9.17, 15) is 4.79 Å². The number of aromatic nitrogens is 4. The number of hydrogen-bond acceptors (Lipinski definition) is 5. The average molecular weight is 460 g/mol. The summed E-state index contributed by atoms with van der Waals surface area (Å²) < 4.78 is 0. The van der Waals surface area contributed by atoms with Crippen LogP contribution in [-0.4, -0.2) is 58.5 Å². The van der Waals surface area contributed by atoms with Crippen molar-refractivity contribution in [2.75, 3.05) is 37.6 Å². The summed E-state index contributed by atoms with van der Waals surface area (Å²) in [5.74, 6) is 0.343. The summed E-state index contributed by atoms with van der Waals surface area (Å²) in [7, 11) is 0. The molecule has 0 unspecified atom stereocenters. The standard InChI is InChI=1S/C25H24ClN6O/c26-21-10-7-13-23(18-21)31-27-25(20-8-3-1-4-9-20)28-32(31)24(33)19-29-14-16-30(17-15-29)22-11-5-2-6-12-22/h1-13,18H,14-17,19H2/q+1. The van der Waals surface area contributed by atoms with E-state index in [0.717, 1.165) is 31.7 Å². The molecular formula is C25H24ClN6O+. The summed E-state index contributed by atoms with van der Waals surface area (Å²) in [5, 5.41) is 9.74. The first-order valence-electron chi connectivity index (χ1n) is 10.9. The number of nitrogens with zero attached hydrogens (tertiary/aromatic N) is 6. The molecule has 0 amide bonds. The summed E-state index contributed by atoms with van der Waals surface area (Å²) in [4.78, 5) is 20.7. The third kappa shape index (κ3) is 4.79. The molecule has 5 rings (SSSR count). The van der Waals surface area contributed by atoms with Crippen molar-refractivity contribution in [3.63, 3.8) is 0 Å². The van der Waals surface area contributed by atoms with Crippen molar-refractivity contribution in [1.29, 1.82) is 0 Å². The average Bonchev–Trinajstić information content (AvgIpc) is 3.32. The van der Waals surface area contributed by atoms with Gasteiger partial charge in [0.25, 0.3) is 0 Å². The summed E-state index contributed by atoms with van der Waals surface area (Å²) in [6.45, 7) is 3.62. The molecule has 1 aliphatic rings. The third-order valence-electron chi connectivity index (χ3n) is 5.71. The molecule has 2 heterocycles. The van der Waals surface area contributed by atoms with Crippen molar-refractivity contribution in [1.82, 2.24) is 19.9 Å². The lowest BCUT2D eigenvalue weighted by Gasteiger charge is -2.35. The van der Waals surface area contributed by atoms with Crippen molar-refractivity contribution in [3.05, 3.63) is 90.0 Å². The number of carbonyl (C=O) groups is 1. The monoisotopic (exact) mass is 459 g/mol. The van der Waals surface area contributed by atoms with Crippen molar-refractivity contribution in [2.24, 2.45) is 0 Å². The second-order valence-electron chi connectivity index (χ2n) is 7.94. The van der Waals surface area contributed by atoms with Gasteiger partial charge in [-0.05, 0) is 46.3 Å². The van der Waals surface area contributed by atoms with Gasteiger partial charge in [-0.15, -0.1) is 0 Å². The first kappa shape index (κ1) is 21.3. The molecule has 7 nitrogen and oxygen atoms in total. The highest BCUT2D eigenvalue weighted by Crippen LogP contribution is 2.16. The lowest BCUT2D eigenvalue weighted by molar-refractivity contribution is -0.732.